The van der Waals surface area contributed by atoms with Crippen molar-refractivity contribution in [1.29, 1.82) is 0 Å². The predicted octanol–water partition coefficient (Wildman–Crippen LogP) is 4.47. The van der Waals surface area contributed by atoms with E-state index in [-0.39, 0.29) is 16.3 Å². The molecule has 0 saturated heterocycles. The number of para-hydroxylation sites is 1. The van der Waals surface area contributed by atoms with Crippen molar-refractivity contribution in [3.05, 3.63) is 48.5 Å². The summed E-state index contributed by atoms with van der Waals surface area (Å²) in [6, 6.07) is 12.4. The summed E-state index contributed by atoms with van der Waals surface area (Å²) < 4.78 is 51.6. The molecule has 0 aliphatic carbocycles. The fourth-order valence-electron chi connectivity index (χ4n) is 2.57. The lowest BCUT2D eigenvalue weighted by molar-refractivity contribution is -0.114. The Hall–Kier alpha value is -2.17. The molecule has 0 fully saturated rings. The average Bonchev–Trinajstić information content (AvgIpc) is 2.71. The maximum atomic E-state index is 12.6. The summed E-state index contributed by atoms with van der Waals surface area (Å²) in [5.41, 5.74) is 0.877. The molecular formula is C20H25F2N3O3S2. The van der Waals surface area contributed by atoms with Crippen molar-refractivity contribution in [2.45, 2.75) is 35.3 Å². The lowest BCUT2D eigenvalue weighted by atomic mass is 10.3. The van der Waals surface area contributed by atoms with Crippen LogP contribution in [0.1, 0.15) is 19.8 Å². The Morgan fingerprint density at radius 3 is 2.43 bits per heavy atom. The number of amides is 1. The molecule has 1 amide bonds. The van der Waals surface area contributed by atoms with Crippen LogP contribution in [0.4, 0.5) is 20.2 Å². The summed E-state index contributed by atoms with van der Waals surface area (Å²) in [7, 11) is -2.00. The molecule has 0 atom stereocenters. The molecule has 0 spiro atoms. The number of rotatable bonds is 11. The summed E-state index contributed by atoms with van der Waals surface area (Å²) in [6.07, 6.45) is 1.68. The molecule has 0 saturated carbocycles. The van der Waals surface area contributed by atoms with Gasteiger partial charge in [-0.15, -0.1) is 0 Å². The second-order valence-electron chi connectivity index (χ2n) is 6.48. The van der Waals surface area contributed by atoms with Crippen molar-refractivity contribution in [1.82, 2.24) is 4.31 Å². The number of carbonyl (C=O) groups is 1. The van der Waals surface area contributed by atoms with Gasteiger partial charge in [0.05, 0.1) is 17.1 Å². The maximum Gasteiger partial charge on any atom is 0.288 e. The first-order valence-corrected chi connectivity index (χ1v) is 11.7. The molecule has 2 rings (SSSR count). The van der Waals surface area contributed by atoms with E-state index in [4.69, 9.17) is 0 Å². The van der Waals surface area contributed by atoms with Gasteiger partial charge in [-0.25, -0.2) is 12.7 Å². The third-order valence-corrected chi connectivity index (χ3v) is 6.88. The Morgan fingerprint density at radius 1 is 1.13 bits per heavy atom. The van der Waals surface area contributed by atoms with Gasteiger partial charge < -0.3 is 10.6 Å². The van der Waals surface area contributed by atoms with Gasteiger partial charge in [-0.05, 0) is 42.8 Å². The van der Waals surface area contributed by atoms with E-state index in [0.717, 1.165) is 12.8 Å². The van der Waals surface area contributed by atoms with Gasteiger partial charge in [-0.3, -0.25) is 4.79 Å². The minimum absolute atomic E-state index is 0.101. The van der Waals surface area contributed by atoms with E-state index >= 15 is 0 Å². The van der Waals surface area contributed by atoms with Crippen LogP contribution in [0.3, 0.4) is 0 Å². The van der Waals surface area contributed by atoms with Crippen LogP contribution >= 0.6 is 11.8 Å². The van der Waals surface area contributed by atoms with Gasteiger partial charge in [0.1, 0.15) is 0 Å². The number of thioether (sulfide) groups is 1. The van der Waals surface area contributed by atoms with Crippen molar-refractivity contribution in [2.24, 2.45) is 0 Å². The van der Waals surface area contributed by atoms with Crippen molar-refractivity contribution in [3.8, 4) is 0 Å². The van der Waals surface area contributed by atoms with E-state index in [2.05, 4.69) is 10.6 Å². The van der Waals surface area contributed by atoms with Crippen LogP contribution in [0, 0.1) is 0 Å². The van der Waals surface area contributed by atoms with Gasteiger partial charge >= 0.3 is 0 Å². The predicted molar refractivity (Wildman–Crippen MR) is 117 cm³/mol. The number of sulfonamides is 1. The second kappa shape index (κ2) is 11.3. The first-order chi connectivity index (χ1) is 14.2. The molecule has 164 valence electrons. The summed E-state index contributed by atoms with van der Waals surface area (Å²) in [4.78, 5) is 12.6. The highest BCUT2D eigenvalue weighted by atomic mass is 32.2. The van der Waals surface area contributed by atoms with Crippen LogP contribution in [0.2, 0.25) is 0 Å². The van der Waals surface area contributed by atoms with Gasteiger partial charge in [0.15, 0.2) is 0 Å². The van der Waals surface area contributed by atoms with Gasteiger partial charge in [0.2, 0.25) is 15.9 Å². The zero-order valence-corrected chi connectivity index (χ0v) is 18.4. The van der Waals surface area contributed by atoms with E-state index < -0.39 is 21.7 Å². The summed E-state index contributed by atoms with van der Waals surface area (Å²) in [6.45, 7) is 2.34. The SMILES string of the molecule is CCCCN(C)S(=O)(=O)c1ccc(NCC(=O)Nc2ccccc2SC(F)F)cc1. The number of nitrogens with zero attached hydrogens (tertiary/aromatic N) is 1. The van der Waals surface area contributed by atoms with E-state index in [1.807, 2.05) is 6.92 Å². The van der Waals surface area contributed by atoms with E-state index in [1.165, 1.54) is 22.5 Å². The molecule has 0 aromatic heterocycles. The normalized spacial score (nSPS) is 11.7. The van der Waals surface area contributed by atoms with E-state index in [9.17, 15) is 22.0 Å². The summed E-state index contributed by atoms with van der Waals surface area (Å²) in [5.74, 6) is -3.00. The molecule has 2 aromatic rings. The first kappa shape index (κ1) is 24.1. The number of anilines is 2. The minimum atomic E-state index is -3.55. The van der Waals surface area contributed by atoms with Crippen molar-refractivity contribution in [3.63, 3.8) is 0 Å². The molecule has 2 N–H and O–H groups in total. The smallest absolute Gasteiger partial charge is 0.288 e. The van der Waals surface area contributed by atoms with Gasteiger partial charge in [-0.1, -0.05) is 37.2 Å². The number of carbonyl (C=O) groups excluding carboxylic acids is 1. The topological polar surface area (TPSA) is 78.5 Å². The van der Waals surface area contributed by atoms with Crippen LogP contribution in [0.5, 0.6) is 0 Å². The fourth-order valence-corrected chi connectivity index (χ4v) is 4.38. The Bertz CT molecular complexity index is 939. The summed E-state index contributed by atoms with van der Waals surface area (Å²) in [5, 5.41) is 5.49. The number of halogens is 2. The molecule has 6 nitrogen and oxygen atoms in total. The van der Waals surface area contributed by atoms with E-state index in [0.29, 0.717) is 29.7 Å². The minimum Gasteiger partial charge on any atom is -0.376 e. The van der Waals surface area contributed by atoms with Crippen molar-refractivity contribution >= 4 is 39.1 Å². The molecule has 0 heterocycles. The molecule has 10 heteroatoms. The number of alkyl halides is 2. The van der Waals surface area contributed by atoms with Crippen molar-refractivity contribution < 1.29 is 22.0 Å². The highest BCUT2D eigenvalue weighted by Gasteiger charge is 2.20. The first-order valence-electron chi connectivity index (χ1n) is 9.38. The van der Waals surface area contributed by atoms with Crippen LogP contribution in [0.15, 0.2) is 58.3 Å². The van der Waals surface area contributed by atoms with Crippen molar-refractivity contribution in [2.75, 3.05) is 30.8 Å². The van der Waals surface area contributed by atoms with E-state index in [1.54, 1.807) is 37.4 Å². The zero-order valence-electron chi connectivity index (χ0n) is 16.8. The lowest BCUT2D eigenvalue weighted by Gasteiger charge is -2.17. The second-order valence-corrected chi connectivity index (χ2v) is 9.56. The molecule has 0 unspecified atom stereocenters. The lowest BCUT2D eigenvalue weighted by Crippen LogP contribution is -2.28. The zero-order chi connectivity index (χ0) is 22.1. The molecule has 0 radical (unpaired) electrons. The van der Waals surface area contributed by atoms with Crippen LogP contribution in [0.25, 0.3) is 0 Å². The summed E-state index contributed by atoms with van der Waals surface area (Å²) >= 11 is 0.363. The highest BCUT2D eigenvalue weighted by molar-refractivity contribution is 7.99. The Morgan fingerprint density at radius 2 is 1.80 bits per heavy atom. The molecule has 0 aliphatic rings. The molecule has 30 heavy (non-hydrogen) atoms. The van der Waals surface area contributed by atoms with Crippen LogP contribution in [-0.2, 0) is 14.8 Å². The van der Waals surface area contributed by atoms with Crippen LogP contribution < -0.4 is 10.6 Å². The van der Waals surface area contributed by atoms with Gasteiger partial charge in [0.25, 0.3) is 5.76 Å². The van der Waals surface area contributed by atoms with Gasteiger partial charge in [0, 0.05) is 24.2 Å². The largest absolute Gasteiger partial charge is 0.376 e. The number of nitrogens with one attached hydrogen (secondary N) is 2. The standard InChI is InChI=1S/C20H25F2N3O3S2/c1-3-4-13-25(2)30(27,28)16-11-9-15(10-12-16)23-14-19(26)24-17-7-5-6-8-18(17)29-20(21)22/h5-12,20,23H,3-4,13-14H2,1-2H3,(H,24,26). The molecule has 0 aliphatic heterocycles. The van der Waals surface area contributed by atoms with Crippen LogP contribution in [-0.4, -0.2) is 44.5 Å². The number of unbranched alkanes of at least 4 members (excludes halogenated alkanes) is 1. The Kier molecular flexibility index (Phi) is 9.07. The molecule has 2 aromatic carbocycles. The fraction of sp³-hybridized carbons (Fsp3) is 0.350. The third kappa shape index (κ3) is 6.96. The molecule has 0 bridgehead atoms. The third-order valence-electron chi connectivity index (χ3n) is 4.22. The highest BCUT2D eigenvalue weighted by Crippen LogP contribution is 2.31. The number of hydrogen-bond donors (Lipinski definition) is 2. The Balaban J connectivity index is 1.95. The Labute approximate surface area is 180 Å². The monoisotopic (exact) mass is 457 g/mol. The van der Waals surface area contributed by atoms with Gasteiger partial charge in [-0.2, -0.15) is 8.78 Å². The average molecular weight is 458 g/mol. The number of hydrogen-bond acceptors (Lipinski definition) is 5. The quantitative estimate of drug-likeness (QED) is 0.487. The number of benzene rings is 2. The maximum absolute atomic E-state index is 12.6. The molecular weight excluding hydrogens is 432 g/mol.